The lowest BCUT2D eigenvalue weighted by Crippen LogP contribution is -2.36. The monoisotopic (exact) mass is 593 g/mol. The number of fused-ring (bicyclic) bond motifs is 1. The molecule has 0 saturated carbocycles. The second kappa shape index (κ2) is 13.6. The van der Waals surface area contributed by atoms with Crippen LogP contribution in [0, 0.1) is 0 Å². The molecular weight excluding hydrogens is 558 g/mol. The third-order valence-electron chi connectivity index (χ3n) is 7.69. The third-order valence-corrected chi connectivity index (χ3v) is 7.69. The summed E-state index contributed by atoms with van der Waals surface area (Å²) in [7, 11) is 0. The molecule has 3 N–H and O–H groups in total. The molecule has 3 aromatic carbocycles. The number of amides is 2. The number of nitrogens with zero attached hydrogens (tertiary/aromatic N) is 3. The largest absolute Gasteiger partial charge is 0.454 e. The maximum atomic E-state index is 13.6. The standard InChI is InChI=1S/C34H35N5O5/c35-11-3-13-39(34(41)27-8-10-31-32(20-27)44-23-43-31)22-24-4-1-5-25(18-24)26-7-9-30(38-14-16-42-17-15-38)29(19-26)37-33(40)28-6-2-12-36-21-28/h1-2,4-10,12,18-21H,3,11,13-17,22-23,35H2,(H,37,40). The van der Waals surface area contributed by atoms with Crippen LogP contribution in [0.3, 0.4) is 0 Å². The molecule has 0 radical (unpaired) electrons. The average molecular weight is 594 g/mol. The number of rotatable bonds is 10. The number of hydrogen-bond acceptors (Lipinski definition) is 8. The molecule has 1 saturated heterocycles. The van der Waals surface area contributed by atoms with E-state index in [0.29, 0.717) is 67.6 Å². The van der Waals surface area contributed by atoms with Gasteiger partial charge in [-0.15, -0.1) is 0 Å². The smallest absolute Gasteiger partial charge is 0.257 e. The zero-order valence-electron chi connectivity index (χ0n) is 24.4. The highest BCUT2D eigenvalue weighted by atomic mass is 16.7. The first-order chi connectivity index (χ1) is 21.6. The van der Waals surface area contributed by atoms with Crippen molar-refractivity contribution in [2.24, 2.45) is 5.73 Å². The first kappa shape index (κ1) is 29.2. The number of morpholine rings is 1. The lowest BCUT2D eigenvalue weighted by Gasteiger charge is -2.31. The van der Waals surface area contributed by atoms with E-state index in [1.54, 1.807) is 42.7 Å². The Morgan fingerprint density at radius 1 is 0.909 bits per heavy atom. The van der Waals surface area contributed by atoms with Crippen molar-refractivity contribution in [3.63, 3.8) is 0 Å². The third kappa shape index (κ3) is 6.66. The van der Waals surface area contributed by atoms with E-state index < -0.39 is 0 Å². The Balaban J connectivity index is 1.27. The first-order valence-electron chi connectivity index (χ1n) is 14.8. The van der Waals surface area contributed by atoms with Gasteiger partial charge in [0.1, 0.15) is 0 Å². The Morgan fingerprint density at radius 3 is 2.57 bits per heavy atom. The van der Waals surface area contributed by atoms with Gasteiger partial charge in [-0.3, -0.25) is 14.6 Å². The molecule has 0 atom stereocenters. The summed E-state index contributed by atoms with van der Waals surface area (Å²) in [6.45, 7) is 4.30. The topological polar surface area (TPSA) is 119 Å². The summed E-state index contributed by atoms with van der Waals surface area (Å²) in [5, 5.41) is 3.11. The van der Waals surface area contributed by atoms with Crippen molar-refractivity contribution in [1.82, 2.24) is 9.88 Å². The predicted molar refractivity (Wildman–Crippen MR) is 168 cm³/mol. The van der Waals surface area contributed by atoms with Crippen LogP contribution in [0.2, 0.25) is 0 Å². The zero-order valence-corrected chi connectivity index (χ0v) is 24.4. The minimum Gasteiger partial charge on any atom is -0.454 e. The molecule has 0 spiro atoms. The van der Waals surface area contributed by atoms with E-state index in [1.165, 1.54) is 0 Å². The maximum absolute atomic E-state index is 13.6. The molecule has 10 heteroatoms. The molecule has 6 rings (SSSR count). The Morgan fingerprint density at radius 2 is 1.75 bits per heavy atom. The van der Waals surface area contributed by atoms with Crippen LogP contribution in [0.4, 0.5) is 11.4 Å². The van der Waals surface area contributed by atoms with Crippen molar-refractivity contribution < 1.29 is 23.8 Å². The molecule has 1 fully saturated rings. The van der Waals surface area contributed by atoms with Crippen LogP contribution in [0.5, 0.6) is 11.5 Å². The molecule has 226 valence electrons. The van der Waals surface area contributed by atoms with Crippen LogP contribution in [0.15, 0.2) is 85.2 Å². The van der Waals surface area contributed by atoms with E-state index in [1.807, 2.05) is 35.2 Å². The molecule has 0 unspecified atom stereocenters. The number of pyridine rings is 1. The van der Waals surface area contributed by atoms with E-state index >= 15 is 0 Å². The normalized spacial score (nSPS) is 13.9. The number of nitrogens with one attached hydrogen (secondary N) is 1. The van der Waals surface area contributed by atoms with Gasteiger partial charge in [0.05, 0.1) is 30.2 Å². The molecule has 44 heavy (non-hydrogen) atoms. The fraction of sp³-hybridized carbons (Fsp3) is 0.265. The van der Waals surface area contributed by atoms with Crippen molar-refractivity contribution in [3.8, 4) is 22.6 Å². The van der Waals surface area contributed by atoms with E-state index in [4.69, 9.17) is 19.9 Å². The van der Waals surface area contributed by atoms with Crippen LogP contribution < -0.4 is 25.4 Å². The van der Waals surface area contributed by atoms with Gasteiger partial charge in [0, 0.05) is 44.1 Å². The van der Waals surface area contributed by atoms with E-state index in [0.717, 1.165) is 35.5 Å². The van der Waals surface area contributed by atoms with Crippen molar-refractivity contribution >= 4 is 23.2 Å². The first-order valence-corrected chi connectivity index (χ1v) is 14.8. The van der Waals surface area contributed by atoms with Gasteiger partial charge < -0.3 is 35.1 Å². The van der Waals surface area contributed by atoms with Gasteiger partial charge in [-0.1, -0.05) is 24.3 Å². The van der Waals surface area contributed by atoms with Crippen LogP contribution in [-0.2, 0) is 11.3 Å². The number of benzene rings is 3. The molecule has 1 aromatic heterocycles. The van der Waals surface area contributed by atoms with Gasteiger partial charge in [-0.2, -0.15) is 0 Å². The summed E-state index contributed by atoms with van der Waals surface area (Å²) in [5.74, 6) is 0.885. The van der Waals surface area contributed by atoms with Crippen molar-refractivity contribution in [2.45, 2.75) is 13.0 Å². The Bertz CT molecular complexity index is 1620. The number of carbonyl (C=O) groups excluding carboxylic acids is 2. The highest BCUT2D eigenvalue weighted by Crippen LogP contribution is 2.34. The van der Waals surface area contributed by atoms with Gasteiger partial charge in [-0.25, -0.2) is 0 Å². The number of anilines is 2. The maximum Gasteiger partial charge on any atom is 0.257 e. The number of carbonyl (C=O) groups is 2. The van der Waals surface area contributed by atoms with Gasteiger partial charge in [-0.05, 0) is 78.2 Å². The summed E-state index contributed by atoms with van der Waals surface area (Å²) < 4.78 is 16.4. The van der Waals surface area contributed by atoms with E-state index in [2.05, 4.69) is 27.3 Å². The SMILES string of the molecule is NCCCN(Cc1cccc(-c2ccc(N3CCOCC3)c(NC(=O)c3cccnc3)c2)c1)C(=O)c1ccc2c(c1)OCO2. The number of hydrogen-bond donors (Lipinski definition) is 2. The molecule has 4 aromatic rings. The minimum absolute atomic E-state index is 0.0996. The quantitative estimate of drug-likeness (QED) is 0.275. The summed E-state index contributed by atoms with van der Waals surface area (Å²) >= 11 is 0. The highest BCUT2D eigenvalue weighted by molar-refractivity contribution is 6.06. The van der Waals surface area contributed by atoms with Crippen LogP contribution in [0.25, 0.3) is 11.1 Å². The lowest BCUT2D eigenvalue weighted by atomic mass is 10.0. The Hall–Kier alpha value is -4.93. The molecule has 10 nitrogen and oxygen atoms in total. The van der Waals surface area contributed by atoms with Crippen molar-refractivity contribution in [2.75, 3.05) is 56.4 Å². The van der Waals surface area contributed by atoms with Gasteiger partial charge >= 0.3 is 0 Å². The second-order valence-electron chi connectivity index (χ2n) is 10.7. The van der Waals surface area contributed by atoms with Crippen LogP contribution in [0.1, 0.15) is 32.7 Å². The van der Waals surface area contributed by atoms with Crippen LogP contribution in [-0.4, -0.2) is 67.9 Å². The Labute approximate surface area is 256 Å². The second-order valence-corrected chi connectivity index (χ2v) is 10.7. The van der Waals surface area contributed by atoms with Crippen molar-refractivity contribution in [1.29, 1.82) is 0 Å². The number of aromatic nitrogens is 1. The molecule has 0 bridgehead atoms. The fourth-order valence-electron chi connectivity index (χ4n) is 5.40. The van der Waals surface area contributed by atoms with E-state index in [9.17, 15) is 9.59 Å². The predicted octanol–water partition coefficient (Wildman–Crippen LogP) is 4.56. The molecule has 2 aliphatic heterocycles. The summed E-state index contributed by atoms with van der Waals surface area (Å²) in [4.78, 5) is 34.9. The molecule has 2 amide bonds. The minimum atomic E-state index is -0.226. The summed E-state index contributed by atoms with van der Waals surface area (Å²) in [6, 6.07) is 23.0. The zero-order chi connectivity index (χ0) is 30.3. The molecule has 3 heterocycles. The van der Waals surface area contributed by atoms with Gasteiger partial charge in [0.15, 0.2) is 11.5 Å². The molecule has 0 aliphatic carbocycles. The Kier molecular flexibility index (Phi) is 9.00. The highest BCUT2D eigenvalue weighted by Gasteiger charge is 2.21. The lowest BCUT2D eigenvalue weighted by molar-refractivity contribution is 0.0741. The summed E-state index contributed by atoms with van der Waals surface area (Å²) in [5.41, 5.74) is 11.4. The number of nitrogens with two attached hydrogens (primary N) is 1. The van der Waals surface area contributed by atoms with Crippen molar-refractivity contribution in [3.05, 3.63) is 102 Å². The molecule has 2 aliphatic rings. The molecular formula is C34H35N5O5. The van der Waals surface area contributed by atoms with Crippen LogP contribution >= 0.6 is 0 Å². The van der Waals surface area contributed by atoms with E-state index in [-0.39, 0.29) is 18.6 Å². The van der Waals surface area contributed by atoms with Gasteiger partial charge in [0.2, 0.25) is 6.79 Å². The fourth-order valence-corrected chi connectivity index (χ4v) is 5.40. The van der Waals surface area contributed by atoms with Gasteiger partial charge in [0.25, 0.3) is 11.8 Å². The summed E-state index contributed by atoms with van der Waals surface area (Å²) in [6.07, 6.45) is 3.88. The average Bonchev–Trinajstić information content (AvgIpc) is 3.55. The number of ether oxygens (including phenoxy) is 3.